The summed E-state index contributed by atoms with van der Waals surface area (Å²) in [5.41, 5.74) is 0.924. The van der Waals surface area contributed by atoms with Gasteiger partial charge in [-0.25, -0.2) is 4.39 Å². The Hall–Kier alpha value is -1.42. The predicted octanol–water partition coefficient (Wildman–Crippen LogP) is 3.27. The van der Waals surface area contributed by atoms with Crippen LogP contribution in [-0.4, -0.2) is 29.9 Å². The normalized spacial score (nSPS) is 19.6. The van der Waals surface area contributed by atoms with Crippen molar-refractivity contribution in [1.82, 2.24) is 10.2 Å². The Morgan fingerprint density at radius 3 is 2.24 bits per heavy atom. The van der Waals surface area contributed by atoms with Crippen LogP contribution in [0.3, 0.4) is 0 Å². The van der Waals surface area contributed by atoms with Crippen molar-refractivity contribution in [3.05, 3.63) is 35.6 Å². The monoisotopic (exact) mass is 292 g/mol. The van der Waals surface area contributed by atoms with Crippen LogP contribution in [0.2, 0.25) is 0 Å². The highest BCUT2D eigenvalue weighted by Crippen LogP contribution is 2.15. The lowest BCUT2D eigenvalue weighted by molar-refractivity contribution is -0.126. The lowest BCUT2D eigenvalue weighted by atomic mass is 10.1. The van der Waals surface area contributed by atoms with Crippen molar-refractivity contribution in [2.75, 3.05) is 13.1 Å². The number of nitrogens with zero attached hydrogens (tertiary/aromatic N) is 1. The summed E-state index contributed by atoms with van der Waals surface area (Å²) in [6, 6.07) is 6.08. The van der Waals surface area contributed by atoms with Gasteiger partial charge in [0.1, 0.15) is 5.82 Å². The molecule has 0 radical (unpaired) electrons. The minimum absolute atomic E-state index is 0.0497. The third-order valence-corrected chi connectivity index (χ3v) is 4.30. The molecule has 3 nitrogen and oxygen atoms in total. The van der Waals surface area contributed by atoms with Crippen LogP contribution in [0.15, 0.2) is 24.3 Å². The summed E-state index contributed by atoms with van der Waals surface area (Å²) < 4.78 is 12.9. The molecule has 0 aliphatic carbocycles. The Labute approximate surface area is 126 Å². The van der Waals surface area contributed by atoms with Crippen molar-refractivity contribution in [1.29, 1.82) is 0 Å². The highest BCUT2D eigenvalue weighted by atomic mass is 19.1. The lowest BCUT2D eigenvalue weighted by Gasteiger charge is -2.28. The number of hydrogen-bond acceptors (Lipinski definition) is 2. The van der Waals surface area contributed by atoms with Gasteiger partial charge in [-0.3, -0.25) is 9.69 Å². The number of benzene rings is 1. The third kappa shape index (κ3) is 4.53. The molecule has 2 unspecified atom stereocenters. The van der Waals surface area contributed by atoms with E-state index >= 15 is 0 Å². The molecule has 1 aliphatic heterocycles. The van der Waals surface area contributed by atoms with Crippen LogP contribution in [0.1, 0.15) is 51.1 Å². The summed E-state index contributed by atoms with van der Waals surface area (Å²) in [7, 11) is 0. The van der Waals surface area contributed by atoms with E-state index in [1.165, 1.54) is 37.8 Å². The van der Waals surface area contributed by atoms with E-state index < -0.39 is 0 Å². The summed E-state index contributed by atoms with van der Waals surface area (Å²) in [5, 5.41) is 3.03. The molecule has 0 saturated carbocycles. The highest BCUT2D eigenvalue weighted by molar-refractivity contribution is 5.81. The largest absolute Gasteiger partial charge is 0.348 e. The molecular formula is C17H25FN2O. The third-order valence-electron chi connectivity index (χ3n) is 4.30. The minimum Gasteiger partial charge on any atom is -0.348 e. The quantitative estimate of drug-likeness (QED) is 0.923. The van der Waals surface area contributed by atoms with Crippen molar-refractivity contribution < 1.29 is 9.18 Å². The van der Waals surface area contributed by atoms with E-state index in [0.29, 0.717) is 0 Å². The van der Waals surface area contributed by atoms with Crippen molar-refractivity contribution in [2.24, 2.45) is 0 Å². The first-order valence-electron chi connectivity index (χ1n) is 7.88. The average molecular weight is 292 g/mol. The van der Waals surface area contributed by atoms with Crippen molar-refractivity contribution >= 4 is 5.91 Å². The lowest BCUT2D eigenvalue weighted by Crippen LogP contribution is -2.46. The van der Waals surface area contributed by atoms with Crippen LogP contribution in [-0.2, 0) is 4.79 Å². The maximum atomic E-state index is 12.9. The number of hydrogen-bond donors (Lipinski definition) is 1. The standard InChI is InChI=1S/C17H25FN2O/c1-13(15-7-9-16(18)10-8-15)19-17(21)14(2)20-11-5-3-4-6-12-20/h7-10,13-14H,3-6,11-12H2,1-2H3,(H,19,21). The number of carbonyl (C=O) groups is 1. The maximum Gasteiger partial charge on any atom is 0.237 e. The molecule has 4 heteroatoms. The zero-order valence-corrected chi connectivity index (χ0v) is 12.9. The number of amides is 1. The molecule has 1 fully saturated rings. The first-order chi connectivity index (χ1) is 10.1. The van der Waals surface area contributed by atoms with Crippen LogP contribution < -0.4 is 5.32 Å². The fourth-order valence-corrected chi connectivity index (χ4v) is 2.82. The molecular weight excluding hydrogens is 267 g/mol. The molecule has 1 heterocycles. The van der Waals surface area contributed by atoms with E-state index in [1.54, 1.807) is 12.1 Å². The Kier molecular flexibility index (Phi) is 5.74. The van der Waals surface area contributed by atoms with Crippen LogP contribution in [0.25, 0.3) is 0 Å². The first kappa shape index (κ1) is 16.0. The second kappa shape index (κ2) is 7.55. The van der Waals surface area contributed by atoms with E-state index in [2.05, 4.69) is 10.2 Å². The van der Waals surface area contributed by atoms with E-state index in [-0.39, 0.29) is 23.8 Å². The summed E-state index contributed by atoms with van der Waals surface area (Å²) in [6.45, 7) is 5.90. The first-order valence-corrected chi connectivity index (χ1v) is 7.88. The molecule has 1 saturated heterocycles. The average Bonchev–Trinajstić information content (AvgIpc) is 2.76. The molecule has 1 amide bonds. The van der Waals surface area contributed by atoms with E-state index in [0.717, 1.165) is 18.7 Å². The number of nitrogens with one attached hydrogen (secondary N) is 1. The number of carbonyl (C=O) groups excluding carboxylic acids is 1. The van der Waals surface area contributed by atoms with Gasteiger partial charge in [0.2, 0.25) is 5.91 Å². The molecule has 0 spiro atoms. The molecule has 0 bridgehead atoms. The minimum atomic E-state index is -0.254. The van der Waals surface area contributed by atoms with Crippen molar-refractivity contribution in [3.8, 4) is 0 Å². The summed E-state index contributed by atoms with van der Waals surface area (Å²) >= 11 is 0. The molecule has 1 N–H and O–H groups in total. The Bertz CT molecular complexity index is 452. The van der Waals surface area contributed by atoms with Crippen LogP contribution >= 0.6 is 0 Å². The second-order valence-electron chi connectivity index (χ2n) is 5.91. The number of halogens is 1. The summed E-state index contributed by atoms with van der Waals surface area (Å²) in [4.78, 5) is 14.6. The molecule has 116 valence electrons. The molecule has 2 atom stereocenters. The number of likely N-dealkylation sites (tertiary alicyclic amines) is 1. The summed E-state index contributed by atoms with van der Waals surface area (Å²) in [6.07, 6.45) is 4.86. The topological polar surface area (TPSA) is 32.3 Å². The summed E-state index contributed by atoms with van der Waals surface area (Å²) in [5.74, 6) is -0.205. The zero-order chi connectivity index (χ0) is 15.2. The molecule has 0 aromatic heterocycles. The Morgan fingerprint density at radius 2 is 1.67 bits per heavy atom. The SMILES string of the molecule is CC(NC(=O)C(C)N1CCCCCC1)c1ccc(F)cc1. The smallest absolute Gasteiger partial charge is 0.237 e. The van der Waals surface area contributed by atoms with Crippen LogP contribution in [0, 0.1) is 5.82 Å². The molecule has 1 aromatic carbocycles. The van der Waals surface area contributed by atoms with Gasteiger partial charge in [0.05, 0.1) is 12.1 Å². The highest BCUT2D eigenvalue weighted by Gasteiger charge is 2.23. The fourth-order valence-electron chi connectivity index (χ4n) is 2.82. The van der Waals surface area contributed by atoms with Crippen LogP contribution in [0.4, 0.5) is 4.39 Å². The molecule has 21 heavy (non-hydrogen) atoms. The fraction of sp³-hybridized carbons (Fsp3) is 0.588. The molecule has 1 aliphatic rings. The maximum absolute atomic E-state index is 12.9. The van der Waals surface area contributed by atoms with E-state index in [9.17, 15) is 9.18 Å². The predicted molar refractivity (Wildman–Crippen MR) is 82.5 cm³/mol. The van der Waals surface area contributed by atoms with Crippen molar-refractivity contribution in [3.63, 3.8) is 0 Å². The van der Waals surface area contributed by atoms with Gasteiger partial charge in [0.15, 0.2) is 0 Å². The Morgan fingerprint density at radius 1 is 1.10 bits per heavy atom. The van der Waals surface area contributed by atoms with Crippen LogP contribution in [0.5, 0.6) is 0 Å². The van der Waals surface area contributed by atoms with Gasteiger partial charge in [-0.15, -0.1) is 0 Å². The van der Waals surface area contributed by atoms with Gasteiger partial charge in [0, 0.05) is 0 Å². The van der Waals surface area contributed by atoms with Crippen molar-refractivity contribution in [2.45, 2.75) is 51.6 Å². The zero-order valence-electron chi connectivity index (χ0n) is 12.9. The number of rotatable bonds is 4. The van der Waals surface area contributed by atoms with Gasteiger partial charge in [-0.05, 0) is 57.5 Å². The van der Waals surface area contributed by atoms with Gasteiger partial charge >= 0.3 is 0 Å². The second-order valence-corrected chi connectivity index (χ2v) is 5.91. The molecule has 2 rings (SSSR count). The van der Waals surface area contributed by atoms with E-state index in [4.69, 9.17) is 0 Å². The van der Waals surface area contributed by atoms with E-state index in [1.807, 2.05) is 13.8 Å². The van der Waals surface area contributed by atoms with Gasteiger partial charge < -0.3 is 5.32 Å². The molecule has 1 aromatic rings. The van der Waals surface area contributed by atoms with Gasteiger partial charge in [-0.1, -0.05) is 25.0 Å². The Balaban J connectivity index is 1.91. The van der Waals surface area contributed by atoms with Gasteiger partial charge in [-0.2, -0.15) is 0 Å². The van der Waals surface area contributed by atoms with Gasteiger partial charge in [0.25, 0.3) is 0 Å².